The van der Waals surface area contributed by atoms with Crippen molar-refractivity contribution in [2.75, 3.05) is 17.4 Å². The molecular formula is C15H18N6. The molecule has 21 heavy (non-hydrogen) atoms. The van der Waals surface area contributed by atoms with E-state index in [1.807, 2.05) is 36.0 Å². The van der Waals surface area contributed by atoms with Crippen LogP contribution in [0.25, 0.3) is 5.65 Å². The Balaban J connectivity index is 1.99. The molecule has 0 aliphatic rings. The number of fused-ring (bicyclic) bond motifs is 1. The summed E-state index contributed by atoms with van der Waals surface area (Å²) in [6.45, 7) is 2.87. The van der Waals surface area contributed by atoms with E-state index in [0.717, 1.165) is 18.0 Å². The van der Waals surface area contributed by atoms with Gasteiger partial charge < -0.3 is 14.7 Å². The van der Waals surface area contributed by atoms with Gasteiger partial charge in [-0.3, -0.25) is 0 Å². The lowest BCUT2D eigenvalue weighted by Crippen LogP contribution is -2.21. The minimum absolute atomic E-state index is 0.604. The van der Waals surface area contributed by atoms with Crippen LogP contribution >= 0.6 is 0 Å². The Morgan fingerprint density at radius 2 is 2.14 bits per heavy atom. The predicted octanol–water partition coefficient (Wildman–Crippen LogP) is 1.96. The molecule has 6 nitrogen and oxygen atoms in total. The smallest absolute Gasteiger partial charge is 0.180 e. The monoisotopic (exact) mass is 282 g/mol. The van der Waals surface area contributed by atoms with Crippen molar-refractivity contribution in [3.63, 3.8) is 0 Å². The van der Waals surface area contributed by atoms with E-state index >= 15 is 0 Å². The van der Waals surface area contributed by atoms with Gasteiger partial charge in [-0.15, -0.1) is 0 Å². The number of hydrogen-bond donors (Lipinski definition) is 2. The first-order chi connectivity index (χ1) is 10.2. The number of nitrogens with one attached hydrogen (secondary N) is 1. The molecule has 0 atom stereocenters. The first-order valence-corrected chi connectivity index (χ1v) is 6.75. The van der Waals surface area contributed by atoms with E-state index in [1.54, 1.807) is 6.20 Å². The van der Waals surface area contributed by atoms with Crippen molar-refractivity contribution in [1.82, 2.24) is 14.4 Å². The molecule has 2 heterocycles. The van der Waals surface area contributed by atoms with Gasteiger partial charge in [-0.05, 0) is 18.1 Å². The summed E-state index contributed by atoms with van der Waals surface area (Å²) < 4.78 is 1.91. The lowest BCUT2D eigenvalue weighted by atomic mass is 10.1. The third-order valence-corrected chi connectivity index (χ3v) is 3.53. The SMILES string of the molecule is Cc1ccccc1CN(C)c1nc(NN)cn2ccnc12. The van der Waals surface area contributed by atoms with Gasteiger partial charge in [0.1, 0.15) is 0 Å². The van der Waals surface area contributed by atoms with Gasteiger partial charge in [0.05, 0.1) is 6.20 Å². The van der Waals surface area contributed by atoms with Crippen LogP contribution in [0.1, 0.15) is 11.1 Å². The Morgan fingerprint density at radius 3 is 2.90 bits per heavy atom. The Kier molecular flexibility index (Phi) is 3.45. The first kappa shape index (κ1) is 13.4. The van der Waals surface area contributed by atoms with Crippen molar-refractivity contribution >= 4 is 17.3 Å². The zero-order chi connectivity index (χ0) is 14.8. The quantitative estimate of drug-likeness (QED) is 0.565. The number of nitrogens with two attached hydrogens (primary N) is 1. The van der Waals surface area contributed by atoms with Crippen LogP contribution in [0, 0.1) is 6.92 Å². The maximum absolute atomic E-state index is 5.49. The average Bonchev–Trinajstić information content (AvgIpc) is 2.96. The summed E-state index contributed by atoms with van der Waals surface area (Å²) in [5, 5.41) is 0. The molecule has 0 aliphatic heterocycles. The zero-order valence-electron chi connectivity index (χ0n) is 12.1. The Labute approximate surface area is 123 Å². The molecule has 3 rings (SSSR count). The van der Waals surface area contributed by atoms with E-state index in [1.165, 1.54) is 11.1 Å². The molecule has 1 aromatic carbocycles. The van der Waals surface area contributed by atoms with Gasteiger partial charge in [0.15, 0.2) is 17.3 Å². The highest BCUT2D eigenvalue weighted by Gasteiger charge is 2.12. The van der Waals surface area contributed by atoms with E-state index in [-0.39, 0.29) is 0 Å². The number of benzene rings is 1. The fourth-order valence-electron chi connectivity index (χ4n) is 2.36. The fourth-order valence-corrected chi connectivity index (χ4v) is 2.36. The topological polar surface area (TPSA) is 71.5 Å². The molecule has 0 saturated heterocycles. The largest absolute Gasteiger partial charge is 0.352 e. The van der Waals surface area contributed by atoms with Crippen LogP contribution in [0.3, 0.4) is 0 Å². The summed E-state index contributed by atoms with van der Waals surface area (Å²) in [5.41, 5.74) is 5.93. The Hall–Kier alpha value is -2.60. The van der Waals surface area contributed by atoms with Crippen molar-refractivity contribution in [3.05, 3.63) is 54.0 Å². The predicted molar refractivity (Wildman–Crippen MR) is 84.1 cm³/mol. The summed E-state index contributed by atoms with van der Waals surface area (Å²) in [6.07, 6.45) is 5.44. The second-order valence-corrected chi connectivity index (χ2v) is 5.03. The van der Waals surface area contributed by atoms with Gasteiger partial charge in [-0.2, -0.15) is 0 Å². The molecular weight excluding hydrogens is 264 g/mol. The Morgan fingerprint density at radius 1 is 1.33 bits per heavy atom. The minimum atomic E-state index is 0.604. The molecule has 0 amide bonds. The number of nitrogen functional groups attached to an aromatic ring is 1. The van der Waals surface area contributed by atoms with E-state index in [9.17, 15) is 0 Å². The van der Waals surface area contributed by atoms with Gasteiger partial charge in [0, 0.05) is 26.0 Å². The number of imidazole rings is 1. The van der Waals surface area contributed by atoms with Crippen molar-refractivity contribution in [2.45, 2.75) is 13.5 Å². The van der Waals surface area contributed by atoms with Crippen LogP contribution in [-0.4, -0.2) is 21.4 Å². The number of hydrogen-bond acceptors (Lipinski definition) is 5. The summed E-state index contributed by atoms with van der Waals surface area (Å²) in [4.78, 5) is 11.0. The summed E-state index contributed by atoms with van der Waals surface area (Å²) in [7, 11) is 2.00. The van der Waals surface area contributed by atoms with Crippen LogP contribution in [-0.2, 0) is 6.54 Å². The summed E-state index contributed by atoms with van der Waals surface area (Å²) >= 11 is 0. The highest BCUT2D eigenvalue weighted by molar-refractivity contribution is 5.66. The molecule has 3 N–H and O–H groups in total. The van der Waals surface area contributed by atoms with Crippen molar-refractivity contribution < 1.29 is 0 Å². The maximum atomic E-state index is 5.49. The number of hydrazine groups is 1. The zero-order valence-corrected chi connectivity index (χ0v) is 12.1. The normalized spacial score (nSPS) is 10.8. The highest BCUT2D eigenvalue weighted by atomic mass is 15.3. The van der Waals surface area contributed by atoms with E-state index in [0.29, 0.717) is 5.82 Å². The summed E-state index contributed by atoms with van der Waals surface area (Å²) in [6, 6.07) is 8.33. The standard InChI is InChI=1S/C15H18N6/c1-11-5-3-4-6-12(11)9-20(2)15-14-17-7-8-21(14)10-13(18-15)19-16/h3-8,10,19H,9,16H2,1-2H3. The highest BCUT2D eigenvalue weighted by Crippen LogP contribution is 2.21. The van der Waals surface area contributed by atoms with Crippen LogP contribution < -0.4 is 16.2 Å². The lowest BCUT2D eigenvalue weighted by Gasteiger charge is -2.20. The number of aromatic nitrogens is 3. The van der Waals surface area contributed by atoms with Gasteiger partial charge >= 0.3 is 0 Å². The molecule has 6 heteroatoms. The molecule has 2 aromatic heterocycles. The number of rotatable bonds is 4. The fraction of sp³-hybridized carbons (Fsp3) is 0.200. The Bertz CT molecular complexity index is 764. The third-order valence-electron chi connectivity index (χ3n) is 3.53. The number of aryl methyl sites for hydroxylation is 1. The van der Waals surface area contributed by atoms with Crippen LogP contribution in [0.4, 0.5) is 11.6 Å². The van der Waals surface area contributed by atoms with Gasteiger partial charge in [-0.1, -0.05) is 24.3 Å². The molecule has 108 valence electrons. The molecule has 0 radical (unpaired) electrons. The minimum Gasteiger partial charge on any atom is -0.352 e. The van der Waals surface area contributed by atoms with Gasteiger partial charge in [0.2, 0.25) is 0 Å². The van der Waals surface area contributed by atoms with E-state index in [4.69, 9.17) is 5.84 Å². The molecule has 0 unspecified atom stereocenters. The molecule has 3 aromatic rings. The lowest BCUT2D eigenvalue weighted by molar-refractivity contribution is 0.885. The van der Waals surface area contributed by atoms with Crippen molar-refractivity contribution in [3.8, 4) is 0 Å². The van der Waals surface area contributed by atoms with Crippen LogP contribution in [0.2, 0.25) is 0 Å². The number of anilines is 2. The van der Waals surface area contributed by atoms with Crippen LogP contribution in [0.15, 0.2) is 42.9 Å². The summed E-state index contributed by atoms with van der Waals surface area (Å²) in [5.74, 6) is 6.88. The third kappa shape index (κ3) is 2.53. The molecule has 0 spiro atoms. The van der Waals surface area contributed by atoms with E-state index in [2.05, 4.69) is 39.4 Å². The first-order valence-electron chi connectivity index (χ1n) is 6.75. The maximum Gasteiger partial charge on any atom is 0.180 e. The molecule has 0 fully saturated rings. The molecule has 0 aliphatic carbocycles. The van der Waals surface area contributed by atoms with E-state index < -0.39 is 0 Å². The molecule has 0 bridgehead atoms. The second-order valence-electron chi connectivity index (χ2n) is 5.03. The average molecular weight is 282 g/mol. The molecule has 0 saturated carbocycles. The van der Waals surface area contributed by atoms with Crippen molar-refractivity contribution in [1.29, 1.82) is 0 Å². The second kappa shape index (κ2) is 5.41. The number of nitrogens with zero attached hydrogens (tertiary/aromatic N) is 4. The van der Waals surface area contributed by atoms with Gasteiger partial charge in [-0.25, -0.2) is 15.8 Å². The van der Waals surface area contributed by atoms with Crippen molar-refractivity contribution in [2.24, 2.45) is 5.84 Å². The van der Waals surface area contributed by atoms with Crippen LogP contribution in [0.5, 0.6) is 0 Å². The van der Waals surface area contributed by atoms with Gasteiger partial charge in [0.25, 0.3) is 0 Å².